The summed E-state index contributed by atoms with van der Waals surface area (Å²) in [6, 6.07) is 4.11. The predicted octanol–water partition coefficient (Wildman–Crippen LogP) is 0.923. The van der Waals surface area contributed by atoms with Crippen molar-refractivity contribution in [2.24, 2.45) is 0 Å². The van der Waals surface area contributed by atoms with Crippen LogP contribution >= 0.6 is 0 Å². The van der Waals surface area contributed by atoms with E-state index < -0.39 is 20.9 Å². The largest absolute Gasteiger partial charge is 0.396 e. The number of halogens is 1. The van der Waals surface area contributed by atoms with E-state index in [4.69, 9.17) is 9.84 Å². The van der Waals surface area contributed by atoms with Crippen LogP contribution in [0, 0.1) is 5.82 Å². The molecule has 0 atom stereocenters. The lowest BCUT2D eigenvalue weighted by atomic mass is 10.1. The third kappa shape index (κ3) is 2.55. The van der Waals surface area contributed by atoms with Crippen LogP contribution in [0.15, 0.2) is 23.1 Å². The summed E-state index contributed by atoms with van der Waals surface area (Å²) in [6.07, 6.45) is 1.06. The number of ether oxygens (including phenoxy) is 1. The van der Waals surface area contributed by atoms with Gasteiger partial charge in [-0.1, -0.05) is 6.07 Å². The minimum Gasteiger partial charge on any atom is -0.396 e. The molecule has 4 nitrogen and oxygen atoms in total. The van der Waals surface area contributed by atoms with Gasteiger partial charge in [0.15, 0.2) is 9.84 Å². The van der Waals surface area contributed by atoms with E-state index in [-0.39, 0.29) is 24.7 Å². The lowest BCUT2D eigenvalue weighted by Crippen LogP contribution is -2.40. The van der Waals surface area contributed by atoms with Crippen molar-refractivity contribution in [2.45, 2.75) is 23.0 Å². The first-order chi connectivity index (χ1) is 8.55. The maximum Gasteiger partial charge on any atom is 0.188 e. The van der Waals surface area contributed by atoms with Gasteiger partial charge in [-0.15, -0.1) is 0 Å². The molecule has 0 unspecified atom stereocenters. The van der Waals surface area contributed by atoms with E-state index in [1.54, 1.807) is 6.07 Å². The molecule has 1 fully saturated rings. The molecule has 6 heteroatoms. The first-order valence-electron chi connectivity index (χ1n) is 5.76. The maximum atomic E-state index is 13.8. The number of sulfone groups is 1. The van der Waals surface area contributed by atoms with Crippen molar-refractivity contribution in [3.05, 3.63) is 29.6 Å². The number of hydrogen-bond acceptors (Lipinski definition) is 4. The number of benzene rings is 1. The van der Waals surface area contributed by atoms with Crippen LogP contribution in [0.1, 0.15) is 12.0 Å². The van der Waals surface area contributed by atoms with Crippen molar-refractivity contribution in [2.75, 3.05) is 19.8 Å². The van der Waals surface area contributed by atoms with Gasteiger partial charge in [0.05, 0.1) is 13.2 Å². The second kappa shape index (κ2) is 5.34. The van der Waals surface area contributed by atoms with Crippen molar-refractivity contribution < 1.29 is 22.7 Å². The Hall–Kier alpha value is -0.980. The molecule has 1 aliphatic heterocycles. The van der Waals surface area contributed by atoms with Gasteiger partial charge in [-0.25, -0.2) is 12.8 Å². The van der Waals surface area contributed by atoms with Gasteiger partial charge < -0.3 is 9.84 Å². The molecule has 0 radical (unpaired) electrons. The maximum absolute atomic E-state index is 13.8. The van der Waals surface area contributed by atoms with Crippen LogP contribution in [0.5, 0.6) is 0 Å². The fraction of sp³-hybridized carbons (Fsp3) is 0.500. The normalized spacial score (nSPS) is 16.6. The SMILES string of the molecule is O=S(=O)(c1ccc(CCCO)cc1F)C1COC1. The Labute approximate surface area is 105 Å². The Morgan fingerprint density at radius 2 is 2.11 bits per heavy atom. The van der Waals surface area contributed by atoms with E-state index in [1.807, 2.05) is 0 Å². The third-order valence-electron chi connectivity index (χ3n) is 2.97. The van der Waals surface area contributed by atoms with Crippen molar-refractivity contribution in [1.82, 2.24) is 0 Å². The molecule has 0 spiro atoms. The summed E-state index contributed by atoms with van der Waals surface area (Å²) in [5.74, 6) is -0.725. The Morgan fingerprint density at radius 1 is 1.39 bits per heavy atom. The highest BCUT2D eigenvalue weighted by Crippen LogP contribution is 2.24. The van der Waals surface area contributed by atoms with Crippen LogP contribution in [0.3, 0.4) is 0 Å². The second-order valence-electron chi connectivity index (χ2n) is 4.30. The van der Waals surface area contributed by atoms with E-state index in [1.165, 1.54) is 12.1 Å². The zero-order chi connectivity index (χ0) is 13.2. The van der Waals surface area contributed by atoms with Crippen LogP contribution in [0.2, 0.25) is 0 Å². The molecule has 0 aliphatic carbocycles. The summed E-state index contributed by atoms with van der Waals surface area (Å²) in [4.78, 5) is -0.261. The minimum atomic E-state index is -3.62. The van der Waals surface area contributed by atoms with Crippen LogP contribution in [0.25, 0.3) is 0 Å². The monoisotopic (exact) mass is 274 g/mol. The molecule has 0 aromatic heterocycles. The molecule has 100 valence electrons. The van der Waals surface area contributed by atoms with Gasteiger partial charge in [0.2, 0.25) is 0 Å². The first-order valence-corrected chi connectivity index (χ1v) is 7.31. The highest BCUT2D eigenvalue weighted by atomic mass is 32.2. The van der Waals surface area contributed by atoms with E-state index in [0.29, 0.717) is 18.4 Å². The van der Waals surface area contributed by atoms with Gasteiger partial charge >= 0.3 is 0 Å². The lowest BCUT2D eigenvalue weighted by Gasteiger charge is -2.25. The summed E-state index contributed by atoms with van der Waals surface area (Å²) < 4.78 is 42.6. The summed E-state index contributed by atoms with van der Waals surface area (Å²) in [5, 5.41) is 8.06. The highest BCUT2D eigenvalue weighted by molar-refractivity contribution is 7.92. The van der Waals surface area contributed by atoms with Crippen molar-refractivity contribution in [1.29, 1.82) is 0 Å². The minimum absolute atomic E-state index is 0.0289. The molecule has 0 amide bonds. The standard InChI is InChI=1S/C12H15FO4S/c13-11-6-9(2-1-5-14)3-4-12(11)18(15,16)10-7-17-8-10/h3-4,6,10,14H,1-2,5,7-8H2. The summed E-state index contributed by atoms with van der Waals surface area (Å²) >= 11 is 0. The predicted molar refractivity (Wildman–Crippen MR) is 63.6 cm³/mol. The smallest absolute Gasteiger partial charge is 0.188 e. The fourth-order valence-electron chi connectivity index (χ4n) is 1.79. The van der Waals surface area contributed by atoms with Crippen LogP contribution in [-0.2, 0) is 21.0 Å². The summed E-state index contributed by atoms with van der Waals surface area (Å²) in [6.45, 7) is 0.295. The molecule has 0 bridgehead atoms. The first kappa shape index (κ1) is 13.5. The van der Waals surface area contributed by atoms with Gasteiger partial charge in [0, 0.05) is 6.61 Å². The zero-order valence-electron chi connectivity index (χ0n) is 9.80. The summed E-state index contributed by atoms with van der Waals surface area (Å²) in [5.41, 5.74) is 0.686. The second-order valence-corrected chi connectivity index (χ2v) is 6.49. The van der Waals surface area contributed by atoms with E-state index >= 15 is 0 Å². The molecule has 1 saturated heterocycles. The van der Waals surface area contributed by atoms with E-state index in [2.05, 4.69) is 0 Å². The molecule has 2 rings (SSSR count). The van der Waals surface area contributed by atoms with E-state index in [9.17, 15) is 12.8 Å². The molecule has 18 heavy (non-hydrogen) atoms. The molecule has 1 aliphatic rings. The third-order valence-corrected chi connectivity index (χ3v) is 5.07. The van der Waals surface area contributed by atoms with Crippen molar-refractivity contribution >= 4 is 9.84 Å². The van der Waals surface area contributed by atoms with Crippen LogP contribution in [0.4, 0.5) is 4.39 Å². The Balaban J connectivity index is 2.24. The number of aryl methyl sites for hydroxylation is 1. The molecular weight excluding hydrogens is 259 g/mol. The molecule has 1 N–H and O–H groups in total. The molecular formula is C12H15FO4S. The van der Waals surface area contributed by atoms with Gasteiger partial charge in [0.1, 0.15) is 16.0 Å². The van der Waals surface area contributed by atoms with Crippen molar-refractivity contribution in [3.63, 3.8) is 0 Å². The topological polar surface area (TPSA) is 63.6 Å². The molecule has 1 aromatic carbocycles. The molecule has 0 saturated carbocycles. The van der Waals surface area contributed by atoms with Crippen LogP contribution in [-0.4, -0.2) is 38.6 Å². The van der Waals surface area contributed by atoms with Gasteiger partial charge in [-0.05, 0) is 30.5 Å². The number of aliphatic hydroxyl groups is 1. The average molecular weight is 274 g/mol. The quantitative estimate of drug-likeness (QED) is 0.867. The van der Waals surface area contributed by atoms with E-state index in [0.717, 1.165) is 0 Å². The Morgan fingerprint density at radius 3 is 2.61 bits per heavy atom. The average Bonchev–Trinajstić information content (AvgIpc) is 2.22. The molecule has 1 heterocycles. The van der Waals surface area contributed by atoms with Gasteiger partial charge in [-0.3, -0.25) is 0 Å². The van der Waals surface area contributed by atoms with Gasteiger partial charge in [0.25, 0.3) is 0 Å². The highest BCUT2D eigenvalue weighted by Gasteiger charge is 2.35. The lowest BCUT2D eigenvalue weighted by molar-refractivity contribution is 0.0415. The number of rotatable bonds is 5. The molecule has 1 aromatic rings. The Bertz CT molecular complexity index is 523. The summed E-state index contributed by atoms with van der Waals surface area (Å²) in [7, 11) is -3.62. The Kier molecular flexibility index (Phi) is 3.99. The zero-order valence-corrected chi connectivity index (χ0v) is 10.6. The fourth-order valence-corrected chi connectivity index (χ4v) is 3.28. The number of aliphatic hydroxyl groups excluding tert-OH is 1. The van der Waals surface area contributed by atoms with Crippen LogP contribution < -0.4 is 0 Å². The van der Waals surface area contributed by atoms with Gasteiger partial charge in [-0.2, -0.15) is 0 Å². The number of hydrogen-bond donors (Lipinski definition) is 1. The van der Waals surface area contributed by atoms with Crippen molar-refractivity contribution in [3.8, 4) is 0 Å².